The molecule has 0 amide bonds. The molecule has 2 aromatic rings. The average Bonchev–Trinajstić information content (AvgIpc) is 3.23. The summed E-state index contributed by atoms with van der Waals surface area (Å²) in [6.07, 6.45) is 1.16. The molecule has 4 rings (SSSR count). The van der Waals surface area contributed by atoms with E-state index in [9.17, 15) is 9.59 Å². The van der Waals surface area contributed by atoms with E-state index in [-0.39, 0.29) is 17.6 Å². The molecule has 3 atom stereocenters. The van der Waals surface area contributed by atoms with Crippen LogP contribution in [0.15, 0.2) is 60.7 Å². The van der Waals surface area contributed by atoms with Gasteiger partial charge in [-0.1, -0.05) is 60.7 Å². The summed E-state index contributed by atoms with van der Waals surface area (Å²) in [5, 5.41) is 1.84. The molecule has 2 heterocycles. The van der Waals surface area contributed by atoms with Gasteiger partial charge in [0.25, 0.3) is 0 Å². The number of nitrogens with zero attached hydrogens (tertiary/aromatic N) is 1. The van der Waals surface area contributed by atoms with E-state index in [0.29, 0.717) is 11.1 Å². The molecule has 0 bridgehead atoms. The first-order valence-electron chi connectivity index (χ1n) is 8.37. The Balaban J connectivity index is 1.68. The zero-order chi connectivity index (χ0) is 16.5. The molecule has 122 valence electrons. The molecule has 0 N–H and O–H groups in total. The molecule has 4 nitrogen and oxygen atoms in total. The lowest BCUT2D eigenvalue weighted by atomic mass is 9.83. The summed E-state index contributed by atoms with van der Waals surface area (Å²) < 4.78 is 0. The SMILES string of the molecule is O=C(c1ccccc1)[C@H]1[C@H]2CCCN2O[C@H]1C(=O)c1ccccc1. The molecule has 4 heteroatoms. The van der Waals surface area contributed by atoms with Crippen LogP contribution in [0.25, 0.3) is 0 Å². The van der Waals surface area contributed by atoms with Gasteiger partial charge in [0, 0.05) is 23.7 Å². The van der Waals surface area contributed by atoms with Crippen molar-refractivity contribution in [1.29, 1.82) is 0 Å². The number of hydrogen-bond acceptors (Lipinski definition) is 4. The molecule has 0 saturated carbocycles. The van der Waals surface area contributed by atoms with E-state index >= 15 is 0 Å². The first-order valence-corrected chi connectivity index (χ1v) is 8.37. The number of rotatable bonds is 4. The van der Waals surface area contributed by atoms with Gasteiger partial charge in [-0.05, 0) is 12.8 Å². The fourth-order valence-corrected chi connectivity index (χ4v) is 3.75. The van der Waals surface area contributed by atoms with Crippen LogP contribution in [0.5, 0.6) is 0 Å². The zero-order valence-corrected chi connectivity index (χ0v) is 13.3. The van der Waals surface area contributed by atoms with Gasteiger partial charge >= 0.3 is 0 Å². The van der Waals surface area contributed by atoms with Crippen molar-refractivity contribution in [2.75, 3.05) is 6.54 Å². The Morgan fingerprint density at radius 2 is 1.46 bits per heavy atom. The molecule has 0 aliphatic carbocycles. The van der Waals surface area contributed by atoms with Gasteiger partial charge in [-0.15, -0.1) is 0 Å². The largest absolute Gasteiger partial charge is 0.294 e. The second-order valence-electron chi connectivity index (χ2n) is 6.36. The highest BCUT2D eigenvalue weighted by atomic mass is 16.7. The lowest BCUT2D eigenvalue weighted by molar-refractivity contribution is -0.135. The molecular weight excluding hydrogens is 302 g/mol. The molecule has 0 spiro atoms. The van der Waals surface area contributed by atoms with Crippen LogP contribution in [0.2, 0.25) is 0 Å². The van der Waals surface area contributed by atoms with Gasteiger partial charge in [0.05, 0.1) is 5.92 Å². The van der Waals surface area contributed by atoms with Crippen molar-refractivity contribution < 1.29 is 14.4 Å². The number of ketones is 2. The van der Waals surface area contributed by atoms with Crippen LogP contribution in [0.1, 0.15) is 33.6 Å². The van der Waals surface area contributed by atoms with Crippen LogP contribution in [0.4, 0.5) is 0 Å². The Hall–Kier alpha value is -2.30. The molecule has 2 aliphatic heterocycles. The first kappa shape index (κ1) is 15.2. The summed E-state index contributed by atoms with van der Waals surface area (Å²) in [5.74, 6) is -0.554. The molecule has 0 aromatic heterocycles. The zero-order valence-electron chi connectivity index (χ0n) is 13.3. The lowest BCUT2D eigenvalue weighted by Crippen LogP contribution is -2.37. The topological polar surface area (TPSA) is 46.6 Å². The number of benzene rings is 2. The molecular formula is C20H19NO3. The first-order chi connectivity index (χ1) is 11.8. The fraction of sp³-hybridized carbons (Fsp3) is 0.300. The smallest absolute Gasteiger partial charge is 0.194 e. The summed E-state index contributed by atoms with van der Waals surface area (Å²) in [7, 11) is 0. The molecule has 0 radical (unpaired) electrons. The Morgan fingerprint density at radius 1 is 0.875 bits per heavy atom. The summed E-state index contributed by atoms with van der Waals surface area (Å²) in [5.41, 5.74) is 1.24. The predicted molar refractivity (Wildman–Crippen MR) is 89.6 cm³/mol. The van der Waals surface area contributed by atoms with E-state index in [0.717, 1.165) is 19.4 Å². The minimum atomic E-state index is -0.731. The third-order valence-corrected chi connectivity index (χ3v) is 4.92. The van der Waals surface area contributed by atoms with Crippen molar-refractivity contribution in [3.8, 4) is 0 Å². The van der Waals surface area contributed by atoms with Gasteiger partial charge in [-0.2, -0.15) is 5.06 Å². The summed E-state index contributed by atoms with van der Waals surface area (Å²) in [6.45, 7) is 0.780. The number of hydroxylamine groups is 2. The van der Waals surface area contributed by atoms with Crippen molar-refractivity contribution in [3.63, 3.8) is 0 Å². The molecule has 2 aromatic carbocycles. The third-order valence-electron chi connectivity index (χ3n) is 4.92. The second-order valence-corrected chi connectivity index (χ2v) is 6.36. The average molecular weight is 321 g/mol. The van der Waals surface area contributed by atoms with E-state index in [1.165, 1.54) is 0 Å². The quantitative estimate of drug-likeness (QED) is 0.812. The van der Waals surface area contributed by atoms with Crippen LogP contribution in [-0.4, -0.2) is 35.3 Å². The van der Waals surface area contributed by atoms with E-state index < -0.39 is 12.0 Å². The van der Waals surface area contributed by atoms with Crippen molar-refractivity contribution in [1.82, 2.24) is 5.06 Å². The minimum Gasteiger partial charge on any atom is -0.294 e. The normalized spacial score (nSPS) is 26.2. The Kier molecular flexibility index (Phi) is 4.00. The van der Waals surface area contributed by atoms with Gasteiger partial charge in [0.2, 0.25) is 0 Å². The standard InChI is InChI=1S/C20H19NO3/c22-18(14-8-3-1-4-9-14)17-16-12-7-13-21(16)24-20(17)19(23)15-10-5-2-6-11-15/h1-6,8-11,16-17,20H,7,12-13H2/t16-,17-,20-/m1/s1. The summed E-state index contributed by atoms with van der Waals surface area (Å²) >= 11 is 0. The Bertz CT molecular complexity index is 744. The summed E-state index contributed by atoms with van der Waals surface area (Å²) in [6, 6.07) is 18.3. The number of carbonyl (C=O) groups is 2. The van der Waals surface area contributed by atoms with E-state index in [1.807, 2.05) is 53.6 Å². The van der Waals surface area contributed by atoms with E-state index in [2.05, 4.69) is 0 Å². The third kappa shape index (κ3) is 2.58. The molecule has 2 fully saturated rings. The molecule has 2 aliphatic rings. The van der Waals surface area contributed by atoms with Gasteiger partial charge < -0.3 is 0 Å². The maximum absolute atomic E-state index is 13.1. The van der Waals surface area contributed by atoms with Crippen molar-refractivity contribution in [2.45, 2.75) is 25.0 Å². The van der Waals surface area contributed by atoms with Gasteiger partial charge in [0.1, 0.15) is 0 Å². The number of Topliss-reactive ketones (excluding diaryl/α,β-unsaturated/α-hetero) is 2. The highest BCUT2D eigenvalue weighted by molar-refractivity contribution is 6.06. The van der Waals surface area contributed by atoms with Crippen LogP contribution < -0.4 is 0 Å². The van der Waals surface area contributed by atoms with Crippen LogP contribution in [0, 0.1) is 5.92 Å². The van der Waals surface area contributed by atoms with Crippen LogP contribution in [-0.2, 0) is 4.84 Å². The molecule has 2 saturated heterocycles. The second kappa shape index (κ2) is 6.30. The summed E-state index contributed by atoms with van der Waals surface area (Å²) in [4.78, 5) is 31.9. The number of hydrogen-bond donors (Lipinski definition) is 0. The Labute approximate surface area is 141 Å². The maximum Gasteiger partial charge on any atom is 0.194 e. The highest BCUT2D eigenvalue weighted by Gasteiger charge is 2.52. The van der Waals surface area contributed by atoms with Crippen molar-refractivity contribution in [2.24, 2.45) is 5.92 Å². The van der Waals surface area contributed by atoms with Gasteiger partial charge in [-0.25, -0.2) is 0 Å². The van der Waals surface area contributed by atoms with Crippen molar-refractivity contribution in [3.05, 3.63) is 71.8 Å². The van der Waals surface area contributed by atoms with Crippen LogP contribution in [0.3, 0.4) is 0 Å². The van der Waals surface area contributed by atoms with E-state index in [1.54, 1.807) is 12.1 Å². The van der Waals surface area contributed by atoms with Crippen LogP contribution >= 0.6 is 0 Å². The van der Waals surface area contributed by atoms with Crippen molar-refractivity contribution >= 4 is 11.6 Å². The maximum atomic E-state index is 13.1. The van der Waals surface area contributed by atoms with Gasteiger partial charge in [0.15, 0.2) is 17.7 Å². The molecule has 24 heavy (non-hydrogen) atoms. The highest BCUT2D eigenvalue weighted by Crippen LogP contribution is 2.38. The lowest BCUT2D eigenvalue weighted by Gasteiger charge is -2.19. The number of fused-ring (bicyclic) bond motifs is 1. The molecule has 0 unspecified atom stereocenters. The minimum absolute atomic E-state index is 0.000666. The monoisotopic (exact) mass is 321 g/mol. The van der Waals surface area contributed by atoms with Gasteiger partial charge in [-0.3, -0.25) is 14.4 Å². The number of carbonyl (C=O) groups excluding carboxylic acids is 2. The Morgan fingerprint density at radius 3 is 2.08 bits per heavy atom. The van der Waals surface area contributed by atoms with E-state index in [4.69, 9.17) is 4.84 Å². The predicted octanol–water partition coefficient (Wildman–Crippen LogP) is 3.15. The fourth-order valence-electron chi connectivity index (χ4n) is 3.75.